The van der Waals surface area contributed by atoms with Gasteiger partial charge in [0.15, 0.2) is 5.82 Å². The molecular weight excluding hydrogens is 410 g/mol. The Bertz CT molecular complexity index is 1100. The topological polar surface area (TPSA) is 109 Å². The number of piperazine rings is 1. The second kappa shape index (κ2) is 9.42. The Morgan fingerprint density at radius 1 is 1.06 bits per heavy atom. The van der Waals surface area contributed by atoms with Crippen LogP contribution in [0.25, 0.3) is 0 Å². The first-order chi connectivity index (χ1) is 15.5. The Morgan fingerprint density at radius 2 is 1.75 bits per heavy atom. The number of carbonyl (C=O) groups is 3. The minimum Gasteiger partial charge on any atom is -0.339 e. The van der Waals surface area contributed by atoms with E-state index in [2.05, 4.69) is 15.5 Å². The molecule has 9 nitrogen and oxygen atoms in total. The summed E-state index contributed by atoms with van der Waals surface area (Å²) in [5.41, 5.74) is 1.79. The van der Waals surface area contributed by atoms with Crippen LogP contribution in [-0.4, -0.2) is 52.4 Å². The molecule has 2 heterocycles. The van der Waals surface area contributed by atoms with Crippen LogP contribution in [0.5, 0.6) is 0 Å². The Balaban J connectivity index is 1.32. The smallest absolute Gasteiger partial charge is 0.312 e. The number of anilines is 1. The van der Waals surface area contributed by atoms with Crippen molar-refractivity contribution in [2.75, 3.05) is 24.5 Å². The molecule has 1 unspecified atom stereocenters. The molecule has 1 fully saturated rings. The van der Waals surface area contributed by atoms with Crippen LogP contribution in [0.1, 0.15) is 30.2 Å². The molecule has 1 aliphatic heterocycles. The Labute approximate surface area is 185 Å². The quantitative estimate of drug-likeness (QED) is 0.614. The minimum absolute atomic E-state index is 0.154. The number of rotatable bonds is 5. The van der Waals surface area contributed by atoms with E-state index < -0.39 is 17.9 Å². The van der Waals surface area contributed by atoms with Crippen LogP contribution in [0.15, 0.2) is 65.2 Å². The minimum atomic E-state index is -0.812. The van der Waals surface area contributed by atoms with Crippen molar-refractivity contribution in [2.24, 2.45) is 0 Å². The number of para-hydroxylation sites is 1. The third kappa shape index (κ3) is 4.83. The standard InChI is InChI=1S/C23H23N5O4/c1-16(21-25-19(32-26-21)14-17-8-4-2-5-9-17)24-22(30)23(31)27-12-13-28(20(29)15-27)18-10-6-3-7-11-18/h2-11,16H,12-15H2,1H3,(H,24,30). The lowest BCUT2D eigenvalue weighted by atomic mass is 10.1. The summed E-state index contributed by atoms with van der Waals surface area (Å²) in [6.45, 7) is 2.11. The van der Waals surface area contributed by atoms with E-state index in [0.717, 1.165) is 11.3 Å². The monoisotopic (exact) mass is 433 g/mol. The van der Waals surface area contributed by atoms with Crippen molar-refractivity contribution in [1.82, 2.24) is 20.4 Å². The lowest BCUT2D eigenvalue weighted by Gasteiger charge is -2.34. The van der Waals surface area contributed by atoms with Gasteiger partial charge in [-0.25, -0.2) is 0 Å². The van der Waals surface area contributed by atoms with Gasteiger partial charge in [0, 0.05) is 18.8 Å². The fourth-order valence-electron chi connectivity index (χ4n) is 3.48. The van der Waals surface area contributed by atoms with E-state index in [-0.39, 0.29) is 24.8 Å². The summed E-state index contributed by atoms with van der Waals surface area (Å²) < 4.78 is 5.26. The third-order valence-electron chi connectivity index (χ3n) is 5.19. The SMILES string of the molecule is CC(NC(=O)C(=O)N1CCN(c2ccccc2)C(=O)C1)c1noc(Cc2ccccc2)n1. The molecule has 4 rings (SSSR count). The molecule has 1 atom stereocenters. The Morgan fingerprint density at radius 3 is 2.44 bits per heavy atom. The largest absolute Gasteiger partial charge is 0.339 e. The molecule has 0 radical (unpaired) electrons. The molecule has 3 amide bonds. The van der Waals surface area contributed by atoms with Crippen molar-refractivity contribution < 1.29 is 18.9 Å². The zero-order valence-corrected chi connectivity index (χ0v) is 17.6. The zero-order valence-electron chi connectivity index (χ0n) is 17.6. The summed E-state index contributed by atoms with van der Waals surface area (Å²) in [4.78, 5) is 44.7. The lowest BCUT2D eigenvalue weighted by Crippen LogP contribution is -2.55. The summed E-state index contributed by atoms with van der Waals surface area (Å²) in [5, 5.41) is 6.49. The highest BCUT2D eigenvalue weighted by Gasteiger charge is 2.32. The third-order valence-corrected chi connectivity index (χ3v) is 5.19. The predicted octanol–water partition coefficient (Wildman–Crippen LogP) is 1.71. The molecule has 1 aliphatic rings. The number of nitrogens with one attached hydrogen (secondary N) is 1. The Kier molecular flexibility index (Phi) is 6.25. The fourth-order valence-corrected chi connectivity index (χ4v) is 3.48. The molecule has 1 N–H and O–H groups in total. The second-order valence-corrected chi connectivity index (χ2v) is 7.51. The van der Waals surface area contributed by atoms with Crippen molar-refractivity contribution in [3.05, 3.63) is 77.9 Å². The molecular formula is C23H23N5O4. The van der Waals surface area contributed by atoms with Crippen molar-refractivity contribution in [2.45, 2.75) is 19.4 Å². The first kappa shape index (κ1) is 21.2. The van der Waals surface area contributed by atoms with Gasteiger partial charge in [0.2, 0.25) is 11.8 Å². The molecule has 1 saturated heterocycles. The number of benzene rings is 2. The molecule has 0 aliphatic carbocycles. The Hall–Kier alpha value is -4.01. The summed E-state index contributed by atoms with van der Waals surface area (Å²) >= 11 is 0. The first-order valence-corrected chi connectivity index (χ1v) is 10.3. The van der Waals surface area contributed by atoms with E-state index in [1.807, 2.05) is 60.7 Å². The molecule has 0 bridgehead atoms. The molecule has 1 aromatic heterocycles. The molecule has 0 spiro atoms. The van der Waals surface area contributed by atoms with Crippen LogP contribution < -0.4 is 10.2 Å². The van der Waals surface area contributed by atoms with Crippen LogP contribution in [0.3, 0.4) is 0 Å². The van der Waals surface area contributed by atoms with Gasteiger partial charge in [0.25, 0.3) is 0 Å². The van der Waals surface area contributed by atoms with Crippen LogP contribution in [0.2, 0.25) is 0 Å². The van der Waals surface area contributed by atoms with E-state index in [0.29, 0.717) is 18.9 Å². The highest BCUT2D eigenvalue weighted by molar-refractivity contribution is 6.35. The predicted molar refractivity (Wildman–Crippen MR) is 115 cm³/mol. The van der Waals surface area contributed by atoms with Crippen molar-refractivity contribution in [3.8, 4) is 0 Å². The van der Waals surface area contributed by atoms with Gasteiger partial charge in [0.05, 0.1) is 12.5 Å². The van der Waals surface area contributed by atoms with E-state index in [1.54, 1.807) is 11.8 Å². The van der Waals surface area contributed by atoms with E-state index in [9.17, 15) is 14.4 Å². The van der Waals surface area contributed by atoms with Gasteiger partial charge in [-0.05, 0) is 24.6 Å². The van der Waals surface area contributed by atoms with Crippen LogP contribution in [-0.2, 0) is 20.8 Å². The molecule has 3 aromatic rings. The second-order valence-electron chi connectivity index (χ2n) is 7.51. The van der Waals surface area contributed by atoms with Crippen molar-refractivity contribution in [3.63, 3.8) is 0 Å². The zero-order chi connectivity index (χ0) is 22.5. The normalized spacial score (nSPS) is 14.8. The number of carbonyl (C=O) groups excluding carboxylic acids is 3. The first-order valence-electron chi connectivity index (χ1n) is 10.3. The number of hydrogen-bond donors (Lipinski definition) is 1. The molecule has 32 heavy (non-hydrogen) atoms. The summed E-state index contributed by atoms with van der Waals surface area (Å²) in [6.07, 6.45) is 0.473. The fraction of sp³-hybridized carbons (Fsp3) is 0.261. The molecule has 0 saturated carbocycles. The number of nitrogens with zero attached hydrogens (tertiary/aromatic N) is 4. The van der Waals surface area contributed by atoms with Gasteiger partial charge in [-0.2, -0.15) is 4.98 Å². The van der Waals surface area contributed by atoms with Gasteiger partial charge >= 0.3 is 11.8 Å². The summed E-state index contributed by atoms with van der Waals surface area (Å²) in [5.74, 6) is -1.11. The average Bonchev–Trinajstić information content (AvgIpc) is 3.28. The number of amides is 3. The van der Waals surface area contributed by atoms with Crippen LogP contribution >= 0.6 is 0 Å². The van der Waals surface area contributed by atoms with Crippen molar-refractivity contribution >= 4 is 23.4 Å². The molecule has 164 valence electrons. The molecule has 2 aromatic carbocycles. The van der Waals surface area contributed by atoms with E-state index in [4.69, 9.17) is 4.52 Å². The van der Waals surface area contributed by atoms with Crippen molar-refractivity contribution in [1.29, 1.82) is 0 Å². The summed E-state index contributed by atoms with van der Waals surface area (Å²) in [7, 11) is 0. The van der Waals surface area contributed by atoms with E-state index >= 15 is 0 Å². The van der Waals surface area contributed by atoms with Gasteiger partial charge in [-0.15, -0.1) is 0 Å². The van der Waals surface area contributed by atoms with Crippen LogP contribution in [0.4, 0.5) is 5.69 Å². The maximum absolute atomic E-state index is 12.6. The lowest BCUT2D eigenvalue weighted by molar-refractivity contribution is -0.148. The average molecular weight is 433 g/mol. The number of aromatic nitrogens is 2. The maximum Gasteiger partial charge on any atom is 0.312 e. The highest BCUT2D eigenvalue weighted by atomic mass is 16.5. The van der Waals surface area contributed by atoms with E-state index in [1.165, 1.54) is 4.90 Å². The van der Waals surface area contributed by atoms with Gasteiger partial charge in [0.1, 0.15) is 6.54 Å². The van der Waals surface area contributed by atoms with Gasteiger partial charge in [-0.1, -0.05) is 53.7 Å². The maximum atomic E-state index is 12.6. The van der Waals surface area contributed by atoms with Gasteiger partial charge < -0.3 is 19.6 Å². The summed E-state index contributed by atoms with van der Waals surface area (Å²) in [6, 6.07) is 18.3. The van der Waals surface area contributed by atoms with Gasteiger partial charge in [-0.3, -0.25) is 14.4 Å². The van der Waals surface area contributed by atoms with Crippen LogP contribution in [0, 0.1) is 0 Å². The number of hydrogen-bond acceptors (Lipinski definition) is 6. The highest BCUT2D eigenvalue weighted by Crippen LogP contribution is 2.17. The molecule has 9 heteroatoms.